The summed E-state index contributed by atoms with van der Waals surface area (Å²) in [6.07, 6.45) is 0.911. The third-order valence-corrected chi connectivity index (χ3v) is 6.84. The summed E-state index contributed by atoms with van der Waals surface area (Å²) in [6.45, 7) is 3.32. The van der Waals surface area contributed by atoms with E-state index < -0.39 is 15.8 Å². The summed E-state index contributed by atoms with van der Waals surface area (Å²) < 4.78 is 40.0. The van der Waals surface area contributed by atoms with E-state index in [2.05, 4.69) is 6.92 Å². The number of hydrogen-bond acceptors (Lipinski definition) is 3. The molecule has 0 saturated carbocycles. The van der Waals surface area contributed by atoms with Crippen LogP contribution in [-0.2, 0) is 10.0 Å². The van der Waals surface area contributed by atoms with Crippen LogP contribution in [0.3, 0.4) is 0 Å². The van der Waals surface area contributed by atoms with Crippen molar-refractivity contribution < 1.29 is 17.6 Å². The molecule has 3 rings (SSSR count). The fraction of sp³-hybridized carbons (Fsp3) is 0.316. The molecule has 0 aromatic heterocycles. The first-order valence-electron chi connectivity index (χ1n) is 8.53. The smallest absolute Gasteiger partial charge is 0.264 e. The lowest BCUT2D eigenvalue weighted by atomic mass is 10.2. The number of sulfonamides is 1. The zero-order valence-electron chi connectivity index (χ0n) is 15.0. The van der Waals surface area contributed by atoms with Gasteiger partial charge in [-0.2, -0.15) is 0 Å². The van der Waals surface area contributed by atoms with Gasteiger partial charge in [-0.3, -0.25) is 9.10 Å². The second-order valence-corrected chi connectivity index (χ2v) is 9.11. The van der Waals surface area contributed by atoms with Crippen molar-refractivity contribution in [1.82, 2.24) is 4.90 Å². The first kappa shape index (κ1) is 19.6. The first-order valence-corrected chi connectivity index (χ1v) is 10.4. The lowest BCUT2D eigenvalue weighted by molar-refractivity contribution is 0.0788. The summed E-state index contributed by atoms with van der Waals surface area (Å²) in [7, 11) is -2.55. The Bertz CT molecular complexity index is 963. The van der Waals surface area contributed by atoms with Crippen LogP contribution in [0.25, 0.3) is 0 Å². The highest BCUT2D eigenvalue weighted by Crippen LogP contribution is 2.28. The van der Waals surface area contributed by atoms with E-state index in [9.17, 15) is 17.6 Å². The van der Waals surface area contributed by atoms with Crippen molar-refractivity contribution in [3.05, 3.63) is 58.9 Å². The number of hydrogen-bond donors (Lipinski definition) is 0. The molecular formula is C19H20ClFN2O3S. The third-order valence-electron chi connectivity index (χ3n) is 4.73. The van der Waals surface area contributed by atoms with E-state index in [0.717, 1.165) is 10.7 Å². The molecule has 1 aliphatic heterocycles. The third kappa shape index (κ3) is 3.94. The molecule has 144 valence electrons. The minimum Gasteiger partial charge on any atom is -0.338 e. The average Bonchev–Trinajstić information content (AvgIpc) is 3.08. The minimum atomic E-state index is -3.93. The number of likely N-dealkylation sites (tertiary alicyclic amines) is 1. The molecule has 1 fully saturated rings. The number of carbonyl (C=O) groups is 1. The molecule has 1 amide bonds. The summed E-state index contributed by atoms with van der Waals surface area (Å²) in [5.74, 6) is -0.321. The SMILES string of the molecule is CC1CCN(C(=O)c2cc(S(=O)(=O)N(C)c3ccc(F)cc3)ccc2Cl)C1. The predicted octanol–water partition coefficient (Wildman–Crippen LogP) is 3.79. The van der Waals surface area contributed by atoms with Gasteiger partial charge in [0.25, 0.3) is 15.9 Å². The van der Waals surface area contributed by atoms with Gasteiger partial charge in [-0.05, 0) is 54.8 Å². The second-order valence-electron chi connectivity index (χ2n) is 6.74. The molecule has 1 heterocycles. The predicted molar refractivity (Wildman–Crippen MR) is 103 cm³/mol. The van der Waals surface area contributed by atoms with E-state index in [4.69, 9.17) is 11.6 Å². The number of halogens is 2. The van der Waals surface area contributed by atoms with Crippen molar-refractivity contribution in [2.75, 3.05) is 24.4 Å². The molecule has 2 aromatic carbocycles. The van der Waals surface area contributed by atoms with Crippen molar-refractivity contribution in [2.24, 2.45) is 5.92 Å². The number of rotatable bonds is 4. The molecule has 0 radical (unpaired) electrons. The molecule has 1 unspecified atom stereocenters. The highest BCUT2D eigenvalue weighted by Gasteiger charge is 2.28. The van der Waals surface area contributed by atoms with Crippen LogP contribution in [0.2, 0.25) is 5.02 Å². The van der Waals surface area contributed by atoms with Crippen LogP contribution in [0.4, 0.5) is 10.1 Å². The largest absolute Gasteiger partial charge is 0.338 e. The van der Waals surface area contributed by atoms with E-state index in [-0.39, 0.29) is 21.4 Å². The van der Waals surface area contributed by atoms with Crippen LogP contribution >= 0.6 is 11.6 Å². The van der Waals surface area contributed by atoms with Gasteiger partial charge in [0, 0.05) is 20.1 Å². The summed E-state index contributed by atoms with van der Waals surface area (Å²) in [5.41, 5.74) is 0.479. The molecule has 1 aliphatic rings. The summed E-state index contributed by atoms with van der Waals surface area (Å²) in [6, 6.07) is 9.21. The Morgan fingerprint density at radius 1 is 1.22 bits per heavy atom. The maximum atomic E-state index is 13.1. The standard InChI is InChI=1S/C19H20ClFN2O3S/c1-13-9-10-23(12-13)19(24)17-11-16(7-8-18(17)20)27(25,26)22(2)15-5-3-14(21)4-6-15/h3-8,11,13H,9-10,12H2,1-2H3. The molecule has 8 heteroatoms. The van der Waals surface area contributed by atoms with E-state index in [1.165, 1.54) is 49.5 Å². The molecule has 27 heavy (non-hydrogen) atoms. The highest BCUT2D eigenvalue weighted by atomic mass is 35.5. The van der Waals surface area contributed by atoms with Crippen molar-refractivity contribution in [3.63, 3.8) is 0 Å². The lowest BCUT2D eigenvalue weighted by Crippen LogP contribution is -2.30. The Hall–Kier alpha value is -2.12. The Morgan fingerprint density at radius 3 is 2.48 bits per heavy atom. The van der Waals surface area contributed by atoms with Crippen LogP contribution in [0.1, 0.15) is 23.7 Å². The molecule has 5 nitrogen and oxygen atoms in total. The van der Waals surface area contributed by atoms with Crippen molar-refractivity contribution in [2.45, 2.75) is 18.2 Å². The van der Waals surface area contributed by atoms with Gasteiger partial charge in [0.1, 0.15) is 5.82 Å². The van der Waals surface area contributed by atoms with Gasteiger partial charge in [-0.25, -0.2) is 12.8 Å². The van der Waals surface area contributed by atoms with E-state index in [1.54, 1.807) is 4.90 Å². The van der Waals surface area contributed by atoms with Gasteiger partial charge in [0.15, 0.2) is 0 Å². The summed E-state index contributed by atoms with van der Waals surface area (Å²) in [4.78, 5) is 14.4. The van der Waals surface area contributed by atoms with E-state index >= 15 is 0 Å². The van der Waals surface area contributed by atoms with Crippen LogP contribution in [0.15, 0.2) is 47.4 Å². The van der Waals surface area contributed by atoms with Gasteiger partial charge >= 0.3 is 0 Å². The maximum absolute atomic E-state index is 13.1. The normalized spacial score (nSPS) is 17.2. The topological polar surface area (TPSA) is 57.7 Å². The minimum absolute atomic E-state index is 0.0469. The lowest BCUT2D eigenvalue weighted by Gasteiger charge is -2.21. The average molecular weight is 411 g/mol. The molecule has 0 bridgehead atoms. The van der Waals surface area contributed by atoms with Gasteiger partial charge in [-0.1, -0.05) is 18.5 Å². The maximum Gasteiger partial charge on any atom is 0.264 e. The molecule has 0 aliphatic carbocycles. The zero-order chi connectivity index (χ0) is 19.8. The van der Waals surface area contributed by atoms with Gasteiger partial charge in [-0.15, -0.1) is 0 Å². The van der Waals surface area contributed by atoms with Crippen molar-refractivity contribution >= 4 is 33.2 Å². The number of nitrogens with zero attached hydrogens (tertiary/aromatic N) is 2. The quantitative estimate of drug-likeness (QED) is 0.770. The Kier molecular flexibility index (Phi) is 5.44. The van der Waals surface area contributed by atoms with Crippen LogP contribution < -0.4 is 4.31 Å². The molecule has 0 spiro atoms. The number of anilines is 1. The fourth-order valence-corrected chi connectivity index (χ4v) is 4.49. The molecular weight excluding hydrogens is 391 g/mol. The molecule has 1 atom stereocenters. The van der Waals surface area contributed by atoms with E-state index in [1.807, 2.05) is 0 Å². The van der Waals surface area contributed by atoms with Gasteiger partial charge in [0.05, 0.1) is 21.2 Å². The Balaban J connectivity index is 1.94. The fourth-order valence-electron chi connectivity index (χ4n) is 3.07. The number of amides is 1. The first-order chi connectivity index (χ1) is 12.7. The van der Waals surface area contributed by atoms with Crippen molar-refractivity contribution in [1.29, 1.82) is 0 Å². The van der Waals surface area contributed by atoms with Crippen LogP contribution in [0, 0.1) is 11.7 Å². The molecule has 2 aromatic rings. The molecule has 0 N–H and O–H groups in total. The monoisotopic (exact) mass is 410 g/mol. The Morgan fingerprint density at radius 2 is 1.89 bits per heavy atom. The Labute approximate surface area is 163 Å². The second kappa shape index (κ2) is 7.48. The van der Waals surface area contributed by atoms with Crippen LogP contribution in [-0.4, -0.2) is 39.4 Å². The highest BCUT2D eigenvalue weighted by molar-refractivity contribution is 7.92. The molecule has 1 saturated heterocycles. The number of benzene rings is 2. The zero-order valence-corrected chi connectivity index (χ0v) is 16.6. The van der Waals surface area contributed by atoms with Crippen LogP contribution in [0.5, 0.6) is 0 Å². The van der Waals surface area contributed by atoms with Gasteiger partial charge < -0.3 is 4.90 Å². The summed E-state index contributed by atoms with van der Waals surface area (Å²) >= 11 is 6.17. The van der Waals surface area contributed by atoms with E-state index in [0.29, 0.717) is 24.7 Å². The number of carbonyl (C=O) groups excluding carboxylic acids is 1. The van der Waals surface area contributed by atoms with Gasteiger partial charge in [0.2, 0.25) is 0 Å². The van der Waals surface area contributed by atoms with Crippen molar-refractivity contribution in [3.8, 4) is 0 Å². The summed E-state index contributed by atoms with van der Waals surface area (Å²) in [5, 5.41) is 0.211.